The molecule has 0 radical (unpaired) electrons. The van der Waals surface area contributed by atoms with Gasteiger partial charge in [-0.15, -0.1) is 6.58 Å². The van der Waals surface area contributed by atoms with Gasteiger partial charge in [-0.2, -0.15) is 0 Å². The van der Waals surface area contributed by atoms with Crippen molar-refractivity contribution in [2.45, 2.75) is 0 Å². The number of thiocarbonyl (C=S) groups is 2. The Morgan fingerprint density at radius 3 is 2.80 bits per heavy atom. The molecule has 0 atom stereocenters. The van der Waals surface area contributed by atoms with Crippen LogP contribution in [-0.4, -0.2) is 28.1 Å². The minimum absolute atomic E-state index is 0.696. The van der Waals surface area contributed by atoms with E-state index in [0.29, 0.717) is 18.2 Å². The molecule has 1 fully saturated rings. The molecule has 0 saturated carbocycles. The predicted octanol–water partition coefficient (Wildman–Crippen LogP) is 0.690. The summed E-state index contributed by atoms with van der Waals surface area (Å²) in [5.41, 5.74) is 0. The summed E-state index contributed by atoms with van der Waals surface area (Å²) in [6.45, 7) is 5.01. The van der Waals surface area contributed by atoms with Crippen molar-refractivity contribution in [2.24, 2.45) is 0 Å². The maximum Gasteiger partial charge on any atom is 0.174 e. The zero-order valence-electron chi connectivity index (χ0n) is 5.46. The Kier molecular flexibility index (Phi) is 2.34. The van der Waals surface area contributed by atoms with Crippen molar-refractivity contribution in [1.29, 1.82) is 0 Å². The van der Waals surface area contributed by atoms with Crippen molar-refractivity contribution in [2.75, 3.05) is 13.1 Å². The molecule has 1 N–H and O–H groups in total. The van der Waals surface area contributed by atoms with Gasteiger partial charge >= 0.3 is 0 Å². The van der Waals surface area contributed by atoms with E-state index in [2.05, 4.69) is 11.9 Å². The summed E-state index contributed by atoms with van der Waals surface area (Å²) in [5, 5.41) is 3.69. The molecule has 1 heterocycles. The van der Waals surface area contributed by atoms with Crippen LogP contribution in [-0.2, 0) is 0 Å². The van der Waals surface area contributed by atoms with Crippen LogP contribution in [0.1, 0.15) is 0 Å². The van der Waals surface area contributed by atoms with Gasteiger partial charge in [-0.25, -0.2) is 0 Å². The lowest BCUT2D eigenvalue weighted by atomic mass is 10.5. The average molecular weight is 172 g/mol. The molecule has 4 heteroatoms. The molecule has 54 valence electrons. The summed E-state index contributed by atoms with van der Waals surface area (Å²) in [4.78, 5) is 2.71. The van der Waals surface area contributed by atoms with E-state index in [4.69, 9.17) is 24.4 Å². The molecule has 0 unspecified atom stereocenters. The van der Waals surface area contributed by atoms with E-state index in [0.717, 1.165) is 4.99 Å². The van der Waals surface area contributed by atoms with E-state index in [-0.39, 0.29) is 0 Å². The predicted molar refractivity (Wildman–Crippen MR) is 50.1 cm³/mol. The lowest BCUT2D eigenvalue weighted by molar-refractivity contribution is 0.715. The molecule has 0 aliphatic carbocycles. The van der Waals surface area contributed by atoms with Gasteiger partial charge in [-0.05, 0) is 12.2 Å². The summed E-state index contributed by atoms with van der Waals surface area (Å²) in [5.74, 6) is 0. The molecule has 1 saturated heterocycles. The third kappa shape index (κ3) is 1.33. The summed E-state index contributed by atoms with van der Waals surface area (Å²) >= 11 is 9.97. The minimum atomic E-state index is 0.696. The second kappa shape index (κ2) is 3.07. The van der Waals surface area contributed by atoms with Crippen molar-refractivity contribution in [3.63, 3.8) is 0 Å². The third-order valence-electron chi connectivity index (χ3n) is 1.25. The second-order valence-corrected chi connectivity index (χ2v) is 2.81. The topological polar surface area (TPSA) is 15.3 Å². The normalized spacial score (nSPS) is 17.4. The SMILES string of the molecule is C=CCN1C(=S)CNC1=S. The van der Waals surface area contributed by atoms with Crippen LogP contribution in [0.2, 0.25) is 0 Å². The fraction of sp³-hybridized carbons (Fsp3) is 0.333. The van der Waals surface area contributed by atoms with Crippen LogP contribution in [0.3, 0.4) is 0 Å². The first-order valence-corrected chi connectivity index (χ1v) is 3.76. The fourth-order valence-electron chi connectivity index (χ4n) is 0.769. The van der Waals surface area contributed by atoms with E-state index in [1.54, 1.807) is 6.08 Å². The molecule has 1 rings (SSSR count). The van der Waals surface area contributed by atoms with Crippen molar-refractivity contribution in [3.8, 4) is 0 Å². The van der Waals surface area contributed by atoms with Crippen LogP contribution >= 0.6 is 24.4 Å². The summed E-state index contributed by atoms with van der Waals surface area (Å²) < 4.78 is 0. The molecule has 1 aliphatic heterocycles. The molecular formula is C6H8N2S2. The van der Waals surface area contributed by atoms with Crippen LogP contribution < -0.4 is 5.32 Å². The van der Waals surface area contributed by atoms with E-state index in [9.17, 15) is 0 Å². The first-order valence-electron chi connectivity index (χ1n) is 2.95. The van der Waals surface area contributed by atoms with Gasteiger partial charge in [-0.1, -0.05) is 18.3 Å². The summed E-state index contributed by atoms with van der Waals surface area (Å²) in [6.07, 6.45) is 1.78. The van der Waals surface area contributed by atoms with Crippen LogP contribution in [0.4, 0.5) is 0 Å². The second-order valence-electron chi connectivity index (χ2n) is 1.95. The smallest absolute Gasteiger partial charge is 0.174 e. The number of nitrogens with zero attached hydrogens (tertiary/aromatic N) is 1. The zero-order chi connectivity index (χ0) is 7.56. The van der Waals surface area contributed by atoms with Crippen molar-refractivity contribution in [3.05, 3.63) is 12.7 Å². The van der Waals surface area contributed by atoms with Gasteiger partial charge in [0.15, 0.2) is 5.11 Å². The third-order valence-corrected chi connectivity index (χ3v) is 1.98. The molecule has 0 aromatic rings. The number of nitrogens with one attached hydrogen (secondary N) is 1. The van der Waals surface area contributed by atoms with Crippen molar-refractivity contribution < 1.29 is 0 Å². The largest absolute Gasteiger partial charge is 0.356 e. The highest BCUT2D eigenvalue weighted by Crippen LogP contribution is 2.00. The van der Waals surface area contributed by atoms with Crippen molar-refractivity contribution >= 4 is 34.5 Å². The minimum Gasteiger partial charge on any atom is -0.356 e. The number of rotatable bonds is 2. The standard InChI is InChI=1S/C6H8N2S2/c1-2-3-8-5(9)4-7-6(8)10/h2H,1,3-4H2,(H,7,10). The Hall–Kier alpha value is -0.480. The van der Waals surface area contributed by atoms with E-state index in [1.807, 2.05) is 4.90 Å². The zero-order valence-corrected chi connectivity index (χ0v) is 7.10. The highest BCUT2D eigenvalue weighted by atomic mass is 32.1. The molecular weight excluding hydrogens is 164 g/mol. The Morgan fingerprint density at radius 2 is 2.40 bits per heavy atom. The molecule has 0 aromatic carbocycles. The van der Waals surface area contributed by atoms with E-state index >= 15 is 0 Å². The fourth-order valence-corrected chi connectivity index (χ4v) is 1.32. The van der Waals surface area contributed by atoms with Crippen LogP contribution in [0.25, 0.3) is 0 Å². The number of hydrogen-bond donors (Lipinski definition) is 1. The van der Waals surface area contributed by atoms with Crippen molar-refractivity contribution in [1.82, 2.24) is 10.2 Å². The maximum absolute atomic E-state index is 5.01. The van der Waals surface area contributed by atoms with Crippen LogP contribution in [0.15, 0.2) is 12.7 Å². The van der Waals surface area contributed by atoms with Gasteiger partial charge in [0.2, 0.25) is 0 Å². The quantitative estimate of drug-likeness (QED) is 0.487. The highest BCUT2D eigenvalue weighted by Gasteiger charge is 2.19. The van der Waals surface area contributed by atoms with Crippen LogP contribution in [0, 0.1) is 0 Å². The monoisotopic (exact) mass is 172 g/mol. The molecule has 10 heavy (non-hydrogen) atoms. The highest BCUT2D eigenvalue weighted by molar-refractivity contribution is 7.82. The van der Waals surface area contributed by atoms with Gasteiger partial charge < -0.3 is 10.2 Å². The molecule has 1 aliphatic rings. The molecule has 0 bridgehead atoms. The Bertz CT molecular complexity index is 172. The molecule has 0 spiro atoms. The van der Waals surface area contributed by atoms with Gasteiger partial charge in [-0.3, -0.25) is 0 Å². The Labute approximate surface area is 70.9 Å². The van der Waals surface area contributed by atoms with Gasteiger partial charge in [0.25, 0.3) is 0 Å². The lowest BCUT2D eigenvalue weighted by Gasteiger charge is -2.12. The summed E-state index contributed by atoms with van der Waals surface area (Å²) in [7, 11) is 0. The average Bonchev–Trinajstić information content (AvgIpc) is 2.20. The maximum atomic E-state index is 5.01. The lowest BCUT2D eigenvalue weighted by Crippen LogP contribution is -2.29. The Balaban J connectivity index is 2.62. The number of hydrogen-bond acceptors (Lipinski definition) is 2. The Morgan fingerprint density at radius 1 is 1.70 bits per heavy atom. The summed E-state index contributed by atoms with van der Waals surface area (Å²) in [6, 6.07) is 0. The van der Waals surface area contributed by atoms with Gasteiger partial charge in [0.05, 0.1) is 6.54 Å². The van der Waals surface area contributed by atoms with Gasteiger partial charge in [0, 0.05) is 6.54 Å². The molecule has 0 aromatic heterocycles. The van der Waals surface area contributed by atoms with Gasteiger partial charge in [0.1, 0.15) is 4.99 Å². The molecule has 0 amide bonds. The van der Waals surface area contributed by atoms with E-state index < -0.39 is 0 Å². The first-order chi connectivity index (χ1) is 4.75. The van der Waals surface area contributed by atoms with E-state index in [1.165, 1.54) is 0 Å². The van der Waals surface area contributed by atoms with Crippen LogP contribution in [0.5, 0.6) is 0 Å². The first kappa shape index (κ1) is 7.63. The molecule has 2 nitrogen and oxygen atoms in total.